The molecule has 1 aromatic carbocycles. The van der Waals surface area contributed by atoms with Gasteiger partial charge in [0.05, 0.1) is 4.47 Å². The van der Waals surface area contributed by atoms with Crippen molar-refractivity contribution in [2.75, 3.05) is 10.5 Å². The monoisotopic (exact) mass is 430 g/mol. The van der Waals surface area contributed by atoms with Crippen LogP contribution in [0.25, 0.3) is 0 Å². The largest absolute Gasteiger partial charge is 0.398 e. The Morgan fingerprint density at radius 3 is 2.29 bits per heavy atom. The molecular formula is C10H6BrCl3N4O2S. The Kier molecular flexibility index (Phi) is 4.84. The highest BCUT2D eigenvalue weighted by Gasteiger charge is 2.23. The van der Waals surface area contributed by atoms with Crippen molar-refractivity contribution >= 4 is 72.1 Å². The Morgan fingerprint density at radius 1 is 1.14 bits per heavy atom. The molecule has 0 saturated carbocycles. The maximum Gasteiger partial charge on any atom is 0.263 e. The summed E-state index contributed by atoms with van der Waals surface area (Å²) in [5.74, 6) is 0. The number of nitrogen functional groups attached to an aromatic ring is 1. The fourth-order valence-corrected chi connectivity index (χ4v) is 4.29. The molecule has 0 aliphatic heterocycles. The van der Waals surface area contributed by atoms with E-state index in [4.69, 9.17) is 40.5 Å². The Balaban J connectivity index is 2.54. The standard InChI is InChI=1S/C10H6BrCl3N4O2S/c11-7-5(15)1-4(12)2-6(7)21(19,20)18-8-9(13)16-3-17-10(8)14/h1-3,18H,15H2. The van der Waals surface area contributed by atoms with Crippen LogP contribution in [-0.2, 0) is 10.0 Å². The lowest BCUT2D eigenvalue weighted by Crippen LogP contribution is -2.15. The third-order valence-corrected chi connectivity index (χ3v) is 5.63. The number of benzene rings is 1. The first-order valence-corrected chi connectivity index (χ1v) is 8.56. The summed E-state index contributed by atoms with van der Waals surface area (Å²) in [7, 11) is -4.04. The Labute approximate surface area is 143 Å². The number of nitrogens with one attached hydrogen (secondary N) is 1. The molecule has 3 N–H and O–H groups in total. The average molecular weight is 433 g/mol. The van der Waals surface area contributed by atoms with E-state index >= 15 is 0 Å². The molecule has 6 nitrogen and oxygen atoms in total. The number of sulfonamides is 1. The van der Waals surface area contributed by atoms with Crippen LogP contribution in [0.2, 0.25) is 15.3 Å². The molecule has 0 spiro atoms. The van der Waals surface area contributed by atoms with Crippen LogP contribution in [0.4, 0.5) is 11.4 Å². The number of nitrogens with zero attached hydrogens (tertiary/aromatic N) is 2. The van der Waals surface area contributed by atoms with Gasteiger partial charge in [0.2, 0.25) is 0 Å². The Hall–Kier alpha value is -0.800. The van der Waals surface area contributed by atoms with E-state index in [0.29, 0.717) is 0 Å². The zero-order valence-electron chi connectivity index (χ0n) is 9.94. The topological polar surface area (TPSA) is 98.0 Å². The van der Waals surface area contributed by atoms with Crippen LogP contribution in [-0.4, -0.2) is 18.4 Å². The normalized spacial score (nSPS) is 11.4. The molecule has 11 heteroatoms. The molecule has 0 amide bonds. The predicted octanol–water partition coefficient (Wildman–Crippen LogP) is 3.58. The number of aromatic nitrogens is 2. The van der Waals surface area contributed by atoms with E-state index < -0.39 is 10.0 Å². The van der Waals surface area contributed by atoms with E-state index in [2.05, 4.69) is 30.6 Å². The van der Waals surface area contributed by atoms with Crippen molar-refractivity contribution in [3.05, 3.63) is 38.3 Å². The minimum atomic E-state index is -4.04. The lowest BCUT2D eigenvalue weighted by atomic mass is 10.3. The summed E-state index contributed by atoms with van der Waals surface area (Å²) in [5, 5.41) is -0.105. The van der Waals surface area contributed by atoms with E-state index in [1.165, 1.54) is 12.1 Å². The first-order chi connectivity index (χ1) is 9.72. The maximum atomic E-state index is 12.4. The summed E-state index contributed by atoms with van der Waals surface area (Å²) in [4.78, 5) is 7.15. The molecule has 1 aromatic heterocycles. The molecule has 112 valence electrons. The van der Waals surface area contributed by atoms with Crippen molar-refractivity contribution in [3.63, 3.8) is 0 Å². The first kappa shape index (κ1) is 16.6. The summed E-state index contributed by atoms with van der Waals surface area (Å²) in [6.07, 6.45) is 1.11. The summed E-state index contributed by atoms with van der Waals surface area (Å²) < 4.78 is 27.2. The Bertz CT molecular complexity index is 796. The summed E-state index contributed by atoms with van der Waals surface area (Å²) in [6, 6.07) is 2.65. The van der Waals surface area contributed by atoms with Crippen molar-refractivity contribution in [1.29, 1.82) is 0 Å². The molecular weight excluding hydrogens is 426 g/mol. The van der Waals surface area contributed by atoms with Crippen LogP contribution in [0.3, 0.4) is 0 Å². The van der Waals surface area contributed by atoms with E-state index in [1.54, 1.807) is 0 Å². The van der Waals surface area contributed by atoms with Gasteiger partial charge in [-0.05, 0) is 28.1 Å². The first-order valence-electron chi connectivity index (χ1n) is 5.15. The van der Waals surface area contributed by atoms with Crippen LogP contribution in [0.15, 0.2) is 27.8 Å². The number of hydrogen-bond acceptors (Lipinski definition) is 5. The minimum absolute atomic E-state index is 0.133. The van der Waals surface area contributed by atoms with E-state index in [0.717, 1.165) is 6.33 Å². The van der Waals surface area contributed by atoms with E-state index in [-0.39, 0.29) is 36.1 Å². The van der Waals surface area contributed by atoms with Crippen LogP contribution >= 0.6 is 50.7 Å². The van der Waals surface area contributed by atoms with Gasteiger partial charge in [0.1, 0.15) is 16.9 Å². The number of hydrogen-bond donors (Lipinski definition) is 2. The van der Waals surface area contributed by atoms with Gasteiger partial charge in [0.15, 0.2) is 10.3 Å². The number of rotatable bonds is 3. The van der Waals surface area contributed by atoms with Gasteiger partial charge in [-0.3, -0.25) is 4.72 Å². The summed E-state index contributed by atoms with van der Waals surface area (Å²) >= 11 is 20.5. The lowest BCUT2D eigenvalue weighted by Gasteiger charge is -2.12. The number of halogens is 4. The van der Waals surface area contributed by atoms with Crippen molar-refractivity contribution in [3.8, 4) is 0 Å². The summed E-state index contributed by atoms with van der Waals surface area (Å²) in [5.41, 5.74) is 5.71. The molecule has 0 unspecified atom stereocenters. The van der Waals surface area contributed by atoms with Crippen LogP contribution in [0.1, 0.15) is 0 Å². The fraction of sp³-hybridized carbons (Fsp3) is 0. The molecule has 0 aliphatic rings. The molecule has 2 rings (SSSR count). The van der Waals surface area contributed by atoms with Crippen molar-refractivity contribution in [1.82, 2.24) is 9.97 Å². The molecule has 1 heterocycles. The van der Waals surface area contributed by atoms with Crippen LogP contribution < -0.4 is 10.5 Å². The molecule has 0 radical (unpaired) electrons. The smallest absolute Gasteiger partial charge is 0.263 e. The zero-order chi connectivity index (χ0) is 15.8. The highest BCUT2D eigenvalue weighted by molar-refractivity contribution is 9.10. The van der Waals surface area contributed by atoms with Gasteiger partial charge in [0.25, 0.3) is 10.0 Å². The van der Waals surface area contributed by atoms with Gasteiger partial charge in [-0.15, -0.1) is 0 Å². The van der Waals surface area contributed by atoms with Gasteiger partial charge < -0.3 is 5.73 Å². The van der Waals surface area contributed by atoms with E-state index in [9.17, 15) is 8.42 Å². The summed E-state index contributed by atoms with van der Waals surface area (Å²) in [6.45, 7) is 0. The van der Waals surface area contributed by atoms with Gasteiger partial charge >= 0.3 is 0 Å². The average Bonchev–Trinajstić information content (AvgIpc) is 2.38. The molecule has 0 saturated heterocycles. The molecule has 0 bridgehead atoms. The Morgan fingerprint density at radius 2 is 1.71 bits per heavy atom. The number of anilines is 2. The molecule has 0 aliphatic carbocycles. The second-order valence-electron chi connectivity index (χ2n) is 3.74. The second-order valence-corrected chi connectivity index (χ2v) is 7.34. The third kappa shape index (κ3) is 3.51. The number of nitrogens with two attached hydrogens (primary N) is 1. The van der Waals surface area contributed by atoms with E-state index in [1.807, 2.05) is 0 Å². The highest BCUT2D eigenvalue weighted by Crippen LogP contribution is 2.34. The second kappa shape index (κ2) is 6.13. The lowest BCUT2D eigenvalue weighted by molar-refractivity contribution is 0.600. The van der Waals surface area contributed by atoms with Crippen LogP contribution in [0.5, 0.6) is 0 Å². The van der Waals surface area contributed by atoms with Crippen molar-refractivity contribution in [2.45, 2.75) is 4.90 Å². The van der Waals surface area contributed by atoms with Gasteiger partial charge in [0, 0.05) is 10.7 Å². The predicted molar refractivity (Wildman–Crippen MR) is 86.4 cm³/mol. The van der Waals surface area contributed by atoms with Gasteiger partial charge in [-0.2, -0.15) is 0 Å². The third-order valence-electron chi connectivity index (χ3n) is 2.31. The molecule has 0 atom stereocenters. The molecule has 21 heavy (non-hydrogen) atoms. The fourth-order valence-electron chi connectivity index (χ4n) is 1.40. The molecule has 2 aromatic rings. The van der Waals surface area contributed by atoms with Gasteiger partial charge in [-0.25, -0.2) is 18.4 Å². The highest BCUT2D eigenvalue weighted by atomic mass is 79.9. The molecule has 0 fully saturated rings. The SMILES string of the molecule is Nc1cc(Cl)cc(S(=O)(=O)Nc2c(Cl)ncnc2Cl)c1Br. The van der Waals surface area contributed by atoms with Crippen LogP contribution in [0, 0.1) is 0 Å². The quantitative estimate of drug-likeness (QED) is 0.571. The minimum Gasteiger partial charge on any atom is -0.398 e. The maximum absolute atomic E-state index is 12.4. The van der Waals surface area contributed by atoms with Crippen molar-refractivity contribution in [2.24, 2.45) is 0 Å². The van der Waals surface area contributed by atoms with Gasteiger partial charge in [-0.1, -0.05) is 34.8 Å². The zero-order valence-corrected chi connectivity index (χ0v) is 14.6. The van der Waals surface area contributed by atoms with Crippen molar-refractivity contribution < 1.29 is 8.42 Å².